The van der Waals surface area contributed by atoms with Gasteiger partial charge < -0.3 is 10.7 Å². The van der Waals surface area contributed by atoms with Gasteiger partial charge in [-0.3, -0.25) is 0 Å². The van der Waals surface area contributed by atoms with Crippen LogP contribution in [0.5, 0.6) is 0 Å². The van der Waals surface area contributed by atoms with Crippen LogP contribution in [0.4, 0.5) is 5.69 Å². The smallest absolute Gasteiger partial charge is 0.0429 e. The Morgan fingerprint density at radius 2 is 2.19 bits per heavy atom. The zero-order valence-electron chi connectivity index (χ0n) is 9.19. The number of para-hydroxylation sites is 1. The third-order valence-electron chi connectivity index (χ3n) is 2.74. The number of hydrogen-bond acceptors (Lipinski definition) is 2. The van der Waals surface area contributed by atoms with Crippen molar-refractivity contribution in [2.24, 2.45) is 5.92 Å². The van der Waals surface area contributed by atoms with Crippen molar-refractivity contribution in [2.45, 2.75) is 6.42 Å². The molecule has 0 aliphatic heterocycles. The number of nitrogens with one attached hydrogen (secondary N) is 2. The van der Waals surface area contributed by atoms with E-state index in [9.17, 15) is 0 Å². The van der Waals surface area contributed by atoms with Gasteiger partial charge in [-0.1, -0.05) is 42.5 Å². The molecular formula is C14H16N2. The largest absolute Gasteiger partial charge is 0.384 e. The van der Waals surface area contributed by atoms with Gasteiger partial charge in [0.25, 0.3) is 0 Å². The number of anilines is 1. The summed E-state index contributed by atoms with van der Waals surface area (Å²) < 4.78 is 0. The summed E-state index contributed by atoms with van der Waals surface area (Å²) in [6.45, 7) is 0.922. The molecule has 1 atom stereocenters. The Bertz CT molecular complexity index is 418. The Hall–Kier alpha value is -1.83. The van der Waals surface area contributed by atoms with Crippen LogP contribution in [0.2, 0.25) is 0 Å². The first-order valence-corrected chi connectivity index (χ1v) is 5.57. The summed E-state index contributed by atoms with van der Waals surface area (Å²) in [6.07, 6.45) is 11.1. The van der Waals surface area contributed by atoms with Crippen molar-refractivity contribution in [1.82, 2.24) is 0 Å². The third kappa shape index (κ3) is 2.60. The Kier molecular flexibility index (Phi) is 3.54. The monoisotopic (exact) mass is 212 g/mol. The second-order valence-electron chi connectivity index (χ2n) is 3.92. The van der Waals surface area contributed by atoms with Crippen LogP contribution in [0.25, 0.3) is 0 Å². The molecule has 2 rings (SSSR count). The summed E-state index contributed by atoms with van der Waals surface area (Å²) in [5, 5.41) is 10.7. The zero-order chi connectivity index (χ0) is 11.2. The highest BCUT2D eigenvalue weighted by atomic mass is 14.9. The fourth-order valence-electron chi connectivity index (χ4n) is 1.81. The molecule has 82 valence electrons. The second-order valence-corrected chi connectivity index (χ2v) is 3.92. The summed E-state index contributed by atoms with van der Waals surface area (Å²) in [5.74, 6) is 0.559. The topological polar surface area (TPSA) is 35.9 Å². The normalized spacial score (nSPS) is 18.4. The van der Waals surface area contributed by atoms with Gasteiger partial charge in [0.15, 0.2) is 0 Å². The minimum Gasteiger partial charge on any atom is -0.384 e. The first kappa shape index (κ1) is 10.7. The molecule has 0 heterocycles. The van der Waals surface area contributed by atoms with Crippen LogP contribution in [0.1, 0.15) is 12.0 Å². The zero-order valence-corrected chi connectivity index (χ0v) is 9.19. The van der Waals surface area contributed by atoms with Crippen molar-refractivity contribution >= 4 is 11.9 Å². The number of rotatable bonds is 4. The van der Waals surface area contributed by atoms with Crippen LogP contribution in [0.3, 0.4) is 0 Å². The molecule has 1 aliphatic carbocycles. The van der Waals surface area contributed by atoms with Crippen molar-refractivity contribution < 1.29 is 0 Å². The lowest BCUT2D eigenvalue weighted by Gasteiger charge is -2.15. The van der Waals surface area contributed by atoms with Crippen LogP contribution < -0.4 is 5.32 Å². The molecule has 1 aliphatic rings. The van der Waals surface area contributed by atoms with Gasteiger partial charge in [-0.25, -0.2) is 0 Å². The number of hydrogen-bond donors (Lipinski definition) is 2. The van der Waals surface area contributed by atoms with Crippen LogP contribution >= 0.6 is 0 Å². The molecule has 0 amide bonds. The highest BCUT2D eigenvalue weighted by Crippen LogP contribution is 2.16. The van der Waals surface area contributed by atoms with E-state index in [4.69, 9.17) is 5.41 Å². The summed E-state index contributed by atoms with van der Waals surface area (Å²) >= 11 is 0. The predicted octanol–water partition coefficient (Wildman–Crippen LogP) is 3.23. The Morgan fingerprint density at radius 1 is 1.31 bits per heavy atom. The maximum Gasteiger partial charge on any atom is 0.0429 e. The lowest BCUT2D eigenvalue weighted by Crippen LogP contribution is -2.13. The second kappa shape index (κ2) is 5.31. The molecule has 1 unspecified atom stereocenters. The quantitative estimate of drug-likeness (QED) is 0.738. The van der Waals surface area contributed by atoms with Gasteiger partial charge in [0.2, 0.25) is 0 Å². The Morgan fingerprint density at radius 3 is 2.94 bits per heavy atom. The molecule has 2 heteroatoms. The van der Waals surface area contributed by atoms with E-state index in [2.05, 4.69) is 29.6 Å². The van der Waals surface area contributed by atoms with E-state index < -0.39 is 0 Å². The summed E-state index contributed by atoms with van der Waals surface area (Å²) in [4.78, 5) is 0. The molecule has 0 saturated heterocycles. The Labute approximate surface area is 96.2 Å². The fraction of sp³-hybridized carbons (Fsp3) is 0.214. The van der Waals surface area contributed by atoms with Crippen molar-refractivity contribution in [2.75, 3.05) is 11.9 Å². The fourth-order valence-corrected chi connectivity index (χ4v) is 1.81. The molecule has 0 bridgehead atoms. The van der Waals surface area contributed by atoms with Gasteiger partial charge in [-0.2, -0.15) is 0 Å². The first-order valence-electron chi connectivity index (χ1n) is 5.57. The lowest BCUT2D eigenvalue weighted by atomic mass is 10.0. The van der Waals surface area contributed by atoms with Gasteiger partial charge in [0, 0.05) is 24.0 Å². The molecule has 16 heavy (non-hydrogen) atoms. The lowest BCUT2D eigenvalue weighted by molar-refractivity contribution is 0.692. The molecule has 0 saturated carbocycles. The van der Waals surface area contributed by atoms with Crippen LogP contribution in [0, 0.1) is 11.3 Å². The van der Waals surface area contributed by atoms with E-state index in [1.807, 2.05) is 24.3 Å². The molecule has 2 N–H and O–H groups in total. The van der Waals surface area contributed by atoms with Crippen molar-refractivity contribution in [3.63, 3.8) is 0 Å². The predicted molar refractivity (Wildman–Crippen MR) is 69.2 cm³/mol. The summed E-state index contributed by atoms with van der Waals surface area (Å²) in [7, 11) is 0. The molecule has 1 aromatic rings. The van der Waals surface area contributed by atoms with Crippen molar-refractivity contribution in [1.29, 1.82) is 5.41 Å². The first-order chi connectivity index (χ1) is 7.90. The Balaban J connectivity index is 1.96. The van der Waals surface area contributed by atoms with Crippen LogP contribution in [-0.2, 0) is 0 Å². The summed E-state index contributed by atoms with van der Waals surface area (Å²) in [5.41, 5.74) is 1.98. The highest BCUT2D eigenvalue weighted by molar-refractivity contribution is 5.85. The minimum absolute atomic E-state index is 0.559. The van der Waals surface area contributed by atoms with E-state index >= 15 is 0 Å². The van der Waals surface area contributed by atoms with E-state index in [-0.39, 0.29) is 0 Å². The van der Waals surface area contributed by atoms with E-state index in [1.54, 1.807) is 0 Å². The average Bonchev–Trinajstić information content (AvgIpc) is 2.38. The third-order valence-corrected chi connectivity index (χ3v) is 2.74. The average molecular weight is 212 g/mol. The van der Waals surface area contributed by atoms with Crippen LogP contribution in [-0.4, -0.2) is 12.8 Å². The minimum atomic E-state index is 0.559. The van der Waals surface area contributed by atoms with Crippen molar-refractivity contribution in [3.05, 3.63) is 54.1 Å². The van der Waals surface area contributed by atoms with Crippen LogP contribution in [0.15, 0.2) is 48.6 Å². The standard InChI is InChI=1S/C14H16N2/c15-10-13-8-4-5-9-14(13)16-11-12-6-2-1-3-7-12/h1-6,8-10,12,15-16H,7,11H2. The van der Waals surface area contributed by atoms with Gasteiger partial charge in [-0.05, 0) is 18.4 Å². The number of allylic oxidation sites excluding steroid dienone is 3. The molecule has 0 radical (unpaired) electrons. The van der Waals surface area contributed by atoms with E-state index in [0.717, 1.165) is 24.2 Å². The summed E-state index contributed by atoms with van der Waals surface area (Å²) in [6, 6.07) is 7.91. The molecule has 0 spiro atoms. The maximum atomic E-state index is 7.32. The molecule has 1 aromatic carbocycles. The highest BCUT2D eigenvalue weighted by Gasteiger charge is 2.05. The van der Waals surface area contributed by atoms with Gasteiger partial charge in [0.05, 0.1) is 0 Å². The van der Waals surface area contributed by atoms with Gasteiger partial charge >= 0.3 is 0 Å². The number of benzene rings is 1. The molecular weight excluding hydrogens is 196 g/mol. The molecule has 0 fully saturated rings. The SMILES string of the molecule is N=Cc1ccccc1NCC1C=CC=CC1. The van der Waals surface area contributed by atoms with Gasteiger partial charge in [-0.15, -0.1) is 0 Å². The van der Waals surface area contributed by atoms with E-state index in [1.165, 1.54) is 6.21 Å². The molecule has 2 nitrogen and oxygen atoms in total. The maximum absolute atomic E-state index is 7.32. The van der Waals surface area contributed by atoms with Crippen molar-refractivity contribution in [3.8, 4) is 0 Å². The van der Waals surface area contributed by atoms with Gasteiger partial charge in [0.1, 0.15) is 0 Å². The molecule has 0 aromatic heterocycles. The van der Waals surface area contributed by atoms with E-state index in [0.29, 0.717) is 5.92 Å².